The molecule has 2 aromatic carbocycles. The first-order valence-electron chi connectivity index (χ1n) is 13.7. The number of rotatable bonds is 8. The molecule has 0 spiro atoms. The zero-order valence-electron chi connectivity index (χ0n) is 23.6. The van der Waals surface area contributed by atoms with Crippen LogP contribution in [0.25, 0.3) is 0 Å². The third kappa shape index (κ3) is 5.28. The monoisotopic (exact) mass is 630 g/mol. The minimum Gasteiger partial charge on any atom is -0.497 e. The van der Waals surface area contributed by atoms with Crippen molar-refractivity contribution in [3.8, 4) is 5.75 Å². The lowest BCUT2D eigenvalue weighted by Crippen LogP contribution is -2.33. The summed E-state index contributed by atoms with van der Waals surface area (Å²) in [7, 11) is 1.53. The van der Waals surface area contributed by atoms with E-state index in [4.69, 9.17) is 9.47 Å². The largest absolute Gasteiger partial charge is 0.497 e. The number of fused-ring (bicyclic) bond motifs is 2. The van der Waals surface area contributed by atoms with Crippen molar-refractivity contribution in [1.29, 1.82) is 0 Å². The maximum absolute atomic E-state index is 13.9. The molecule has 1 fully saturated rings. The number of nitrogens with one attached hydrogen (secondary N) is 1. The first-order chi connectivity index (χ1) is 21.3. The van der Waals surface area contributed by atoms with Gasteiger partial charge in [-0.05, 0) is 67.1 Å². The standard InChI is InChI=1S/C31H26N4O7S2/c1-3-42-30(39)17-6-8-19(9-7-17)33-22(36)16-34-29-26(44-31(34)40)23(18-5-4-14-32-15-18)24-25(43-29)28(38)35(27(24)37)20-10-12-21(41-2)13-11-20/h4-15,23-25H,3,16H2,1-2H3,(H,33,36). The fourth-order valence-corrected chi connectivity index (χ4v) is 8.18. The fraction of sp³-hybridized carbons (Fsp3) is 0.226. The lowest BCUT2D eigenvalue weighted by atomic mass is 9.84. The molecule has 2 aliphatic heterocycles. The van der Waals surface area contributed by atoms with Crippen molar-refractivity contribution in [2.24, 2.45) is 5.92 Å². The van der Waals surface area contributed by atoms with E-state index in [2.05, 4.69) is 10.3 Å². The molecule has 3 amide bonds. The normalized spacial score (nSPS) is 18.9. The Balaban J connectivity index is 1.31. The van der Waals surface area contributed by atoms with Crippen molar-refractivity contribution < 1.29 is 28.7 Å². The molecule has 6 rings (SSSR count). The van der Waals surface area contributed by atoms with Gasteiger partial charge in [-0.2, -0.15) is 0 Å². The van der Waals surface area contributed by atoms with Crippen LogP contribution < -0.4 is 19.8 Å². The summed E-state index contributed by atoms with van der Waals surface area (Å²) in [6.07, 6.45) is 3.25. The molecule has 2 aromatic heterocycles. The summed E-state index contributed by atoms with van der Waals surface area (Å²) in [6, 6.07) is 16.5. The molecule has 44 heavy (non-hydrogen) atoms. The molecule has 0 saturated carbocycles. The third-order valence-corrected chi connectivity index (χ3v) is 10.0. The number of esters is 1. The van der Waals surface area contributed by atoms with Crippen LogP contribution >= 0.6 is 23.1 Å². The van der Waals surface area contributed by atoms with Gasteiger partial charge >= 0.3 is 10.8 Å². The Morgan fingerprint density at radius 2 is 1.75 bits per heavy atom. The van der Waals surface area contributed by atoms with E-state index in [0.717, 1.165) is 23.1 Å². The Labute approximate surface area is 259 Å². The highest BCUT2D eigenvalue weighted by Gasteiger charge is 2.56. The smallest absolute Gasteiger partial charge is 0.338 e. The molecule has 11 nitrogen and oxygen atoms in total. The van der Waals surface area contributed by atoms with Gasteiger partial charge in [0, 0.05) is 28.9 Å². The molecular formula is C31H26N4O7S2. The number of thioether (sulfide) groups is 1. The molecule has 0 radical (unpaired) electrons. The first kappa shape index (κ1) is 29.3. The van der Waals surface area contributed by atoms with Crippen molar-refractivity contribution >= 4 is 58.2 Å². The van der Waals surface area contributed by atoms with Crippen molar-refractivity contribution in [2.75, 3.05) is 23.9 Å². The van der Waals surface area contributed by atoms with E-state index in [0.29, 0.717) is 38.2 Å². The quantitative estimate of drug-likeness (QED) is 0.227. The van der Waals surface area contributed by atoms with E-state index < -0.39 is 34.9 Å². The third-order valence-electron chi connectivity index (χ3n) is 7.40. The van der Waals surface area contributed by atoms with Crippen LogP contribution in [0.5, 0.6) is 5.75 Å². The summed E-state index contributed by atoms with van der Waals surface area (Å²) in [4.78, 5) is 71.8. The van der Waals surface area contributed by atoms with Gasteiger partial charge in [0.1, 0.15) is 17.5 Å². The van der Waals surface area contributed by atoms with Crippen LogP contribution in [0.4, 0.5) is 11.4 Å². The molecular weight excluding hydrogens is 604 g/mol. The van der Waals surface area contributed by atoms with Gasteiger partial charge in [0.05, 0.1) is 35.9 Å². The number of methoxy groups -OCH3 is 1. The summed E-state index contributed by atoms with van der Waals surface area (Å²) >= 11 is 2.10. The summed E-state index contributed by atoms with van der Waals surface area (Å²) in [5.74, 6) is -2.49. The molecule has 1 saturated heterocycles. The van der Waals surface area contributed by atoms with Gasteiger partial charge < -0.3 is 14.8 Å². The highest BCUT2D eigenvalue weighted by molar-refractivity contribution is 8.00. The molecule has 4 aromatic rings. The molecule has 3 atom stereocenters. The van der Waals surface area contributed by atoms with Crippen LogP contribution in [0.2, 0.25) is 0 Å². The maximum atomic E-state index is 13.9. The number of carbonyl (C=O) groups excluding carboxylic acids is 4. The van der Waals surface area contributed by atoms with E-state index in [9.17, 15) is 24.0 Å². The van der Waals surface area contributed by atoms with E-state index in [-0.39, 0.29) is 23.9 Å². The molecule has 224 valence electrons. The second-order valence-corrected chi connectivity index (χ2v) is 12.1. The Morgan fingerprint density at radius 3 is 2.41 bits per heavy atom. The number of ether oxygens (including phenoxy) is 2. The van der Waals surface area contributed by atoms with E-state index in [1.807, 2.05) is 6.07 Å². The van der Waals surface area contributed by atoms with Crippen LogP contribution in [0.15, 0.2) is 82.9 Å². The van der Waals surface area contributed by atoms with Crippen LogP contribution in [-0.4, -0.2) is 52.2 Å². The van der Waals surface area contributed by atoms with E-state index in [1.165, 1.54) is 28.7 Å². The lowest BCUT2D eigenvalue weighted by molar-refractivity contribution is -0.122. The highest BCUT2D eigenvalue weighted by Crippen LogP contribution is 2.53. The minimum absolute atomic E-state index is 0.248. The molecule has 1 N–H and O–H groups in total. The molecule has 13 heteroatoms. The Morgan fingerprint density at radius 1 is 1.00 bits per heavy atom. The van der Waals surface area contributed by atoms with Crippen molar-refractivity contribution in [3.05, 3.63) is 98.7 Å². The van der Waals surface area contributed by atoms with E-state index in [1.54, 1.807) is 61.8 Å². The number of carbonyl (C=O) groups is 4. The number of hydrogen-bond acceptors (Lipinski definition) is 10. The van der Waals surface area contributed by atoms with Gasteiger partial charge in [-0.25, -0.2) is 9.69 Å². The van der Waals surface area contributed by atoms with Gasteiger partial charge in [0.25, 0.3) is 0 Å². The van der Waals surface area contributed by atoms with Gasteiger partial charge in [-0.1, -0.05) is 29.2 Å². The number of aromatic nitrogens is 2. The summed E-state index contributed by atoms with van der Waals surface area (Å²) < 4.78 is 11.6. The molecule has 2 aliphatic rings. The number of nitrogens with zero attached hydrogens (tertiary/aromatic N) is 3. The molecule has 3 unspecified atom stereocenters. The van der Waals surface area contributed by atoms with Gasteiger partial charge in [-0.15, -0.1) is 0 Å². The fourth-order valence-electron chi connectivity index (χ4n) is 5.41. The maximum Gasteiger partial charge on any atom is 0.338 e. The number of benzene rings is 2. The average Bonchev–Trinajstić information content (AvgIpc) is 3.48. The van der Waals surface area contributed by atoms with Gasteiger partial charge in [0.2, 0.25) is 17.7 Å². The SMILES string of the molecule is CCOC(=O)c1ccc(NC(=O)Cn2c3c(sc2=O)C(c2cccnc2)C2C(=O)N(c4ccc(OC)cc4)C(=O)C2S3)cc1. The Bertz CT molecular complexity index is 1800. The van der Waals surface area contributed by atoms with Crippen molar-refractivity contribution in [1.82, 2.24) is 9.55 Å². The average molecular weight is 631 g/mol. The first-order valence-corrected chi connectivity index (χ1v) is 15.4. The van der Waals surface area contributed by atoms with Gasteiger partial charge in [-0.3, -0.25) is 28.7 Å². The summed E-state index contributed by atoms with van der Waals surface area (Å²) in [6.45, 7) is 1.66. The molecule has 0 aliphatic carbocycles. The van der Waals surface area contributed by atoms with Gasteiger partial charge in [0.15, 0.2) is 0 Å². The topological polar surface area (TPSA) is 137 Å². The number of hydrogen-bond donors (Lipinski definition) is 1. The minimum atomic E-state index is -0.818. The number of pyridine rings is 1. The predicted octanol–water partition coefficient (Wildman–Crippen LogP) is 3.92. The zero-order valence-corrected chi connectivity index (χ0v) is 25.2. The second kappa shape index (κ2) is 12.1. The Hall–Kier alpha value is -4.75. The summed E-state index contributed by atoms with van der Waals surface area (Å²) in [5.41, 5.74) is 1.91. The number of amides is 3. The second-order valence-electron chi connectivity index (χ2n) is 10.0. The van der Waals surface area contributed by atoms with Crippen molar-refractivity contribution in [2.45, 2.75) is 29.7 Å². The zero-order chi connectivity index (χ0) is 31.0. The number of anilines is 2. The number of thiazole rings is 1. The lowest BCUT2D eigenvalue weighted by Gasteiger charge is -2.30. The highest BCUT2D eigenvalue weighted by atomic mass is 32.2. The molecule has 4 heterocycles. The van der Waals surface area contributed by atoms with Crippen LogP contribution in [0.1, 0.15) is 33.6 Å². The Kier molecular flexibility index (Phi) is 8.06. The summed E-state index contributed by atoms with van der Waals surface area (Å²) in [5, 5.41) is 2.40. The predicted molar refractivity (Wildman–Crippen MR) is 164 cm³/mol. The van der Waals surface area contributed by atoms with Crippen LogP contribution in [-0.2, 0) is 25.7 Å². The van der Waals surface area contributed by atoms with Crippen LogP contribution in [0.3, 0.4) is 0 Å². The van der Waals surface area contributed by atoms with Crippen molar-refractivity contribution in [3.63, 3.8) is 0 Å². The van der Waals surface area contributed by atoms with Crippen LogP contribution in [0, 0.1) is 5.92 Å². The van der Waals surface area contributed by atoms with E-state index >= 15 is 0 Å². The molecule has 0 bridgehead atoms. The number of imide groups is 1.